The summed E-state index contributed by atoms with van der Waals surface area (Å²) in [5.41, 5.74) is 1.70. The number of amides is 1. The predicted molar refractivity (Wildman–Crippen MR) is 117 cm³/mol. The summed E-state index contributed by atoms with van der Waals surface area (Å²) >= 11 is 11.3. The van der Waals surface area contributed by atoms with Crippen LogP contribution in [0.1, 0.15) is 12.0 Å². The third-order valence-electron chi connectivity index (χ3n) is 3.92. The quantitative estimate of drug-likeness (QED) is 0.521. The lowest BCUT2D eigenvalue weighted by molar-refractivity contribution is -0.119. The van der Waals surface area contributed by atoms with E-state index in [1.807, 2.05) is 78.9 Å². The fourth-order valence-electron chi connectivity index (χ4n) is 2.53. The molecule has 0 aromatic heterocycles. The zero-order valence-corrected chi connectivity index (χ0v) is 16.6. The van der Waals surface area contributed by atoms with E-state index in [1.165, 1.54) is 0 Å². The van der Waals surface area contributed by atoms with Crippen molar-refractivity contribution in [3.8, 4) is 11.5 Å². The first-order valence-electron chi connectivity index (χ1n) is 8.77. The van der Waals surface area contributed by atoms with Crippen molar-refractivity contribution in [2.24, 2.45) is 0 Å². The van der Waals surface area contributed by atoms with Crippen LogP contribution in [0.3, 0.4) is 0 Å². The highest BCUT2D eigenvalue weighted by atomic mass is 35.5. The molecule has 3 rings (SSSR count). The molecule has 0 aliphatic carbocycles. The minimum atomic E-state index is -0.165. The Hall–Kier alpha value is -2.89. The van der Waals surface area contributed by atoms with Gasteiger partial charge < -0.3 is 15.4 Å². The third kappa shape index (κ3) is 6.08. The third-order valence-corrected chi connectivity index (χ3v) is 4.50. The summed E-state index contributed by atoms with van der Waals surface area (Å²) < 4.78 is 5.75. The van der Waals surface area contributed by atoms with Gasteiger partial charge in [-0.1, -0.05) is 48.0 Å². The molecule has 0 aliphatic heterocycles. The summed E-state index contributed by atoms with van der Waals surface area (Å²) in [5.74, 6) is 1.32. The number of rotatable bonds is 6. The number of benzene rings is 3. The van der Waals surface area contributed by atoms with Gasteiger partial charge in [-0.2, -0.15) is 0 Å². The van der Waals surface area contributed by atoms with E-state index in [-0.39, 0.29) is 11.0 Å². The lowest BCUT2D eigenvalue weighted by Gasteiger charge is -2.11. The number of para-hydroxylation sites is 1. The average molecular weight is 411 g/mol. The van der Waals surface area contributed by atoms with Crippen LogP contribution < -0.4 is 15.4 Å². The smallest absolute Gasteiger partial charge is 0.226 e. The molecule has 28 heavy (non-hydrogen) atoms. The molecule has 0 saturated carbocycles. The van der Waals surface area contributed by atoms with Gasteiger partial charge in [0.05, 0.1) is 0 Å². The highest BCUT2D eigenvalue weighted by Crippen LogP contribution is 2.22. The molecule has 0 saturated heterocycles. The van der Waals surface area contributed by atoms with Crippen LogP contribution >= 0.6 is 23.8 Å². The van der Waals surface area contributed by atoms with Gasteiger partial charge in [-0.3, -0.25) is 4.79 Å². The molecule has 0 unspecified atom stereocenters. The number of hydrogen-bond acceptors (Lipinski definition) is 3. The van der Waals surface area contributed by atoms with E-state index in [0.29, 0.717) is 23.6 Å². The molecule has 1 amide bonds. The maximum Gasteiger partial charge on any atom is 0.226 e. The molecule has 3 aromatic carbocycles. The van der Waals surface area contributed by atoms with Crippen LogP contribution in [0.25, 0.3) is 0 Å². The molecule has 0 bridgehead atoms. The lowest BCUT2D eigenvalue weighted by Crippen LogP contribution is -2.34. The van der Waals surface area contributed by atoms with Gasteiger partial charge in [0.15, 0.2) is 5.11 Å². The van der Waals surface area contributed by atoms with Crippen LogP contribution in [0.5, 0.6) is 11.5 Å². The second-order valence-corrected chi connectivity index (χ2v) is 6.85. The molecule has 0 aliphatic rings. The molecule has 0 fully saturated rings. The second-order valence-electron chi connectivity index (χ2n) is 6.03. The Labute approximate surface area is 174 Å². The van der Waals surface area contributed by atoms with E-state index in [1.54, 1.807) is 0 Å². The van der Waals surface area contributed by atoms with Crippen LogP contribution in [0.2, 0.25) is 5.02 Å². The van der Waals surface area contributed by atoms with Crippen molar-refractivity contribution in [1.82, 2.24) is 5.32 Å². The Bertz CT molecular complexity index is 946. The Morgan fingerprint density at radius 2 is 1.54 bits per heavy atom. The molecule has 4 nitrogen and oxygen atoms in total. The summed E-state index contributed by atoms with van der Waals surface area (Å²) in [5, 5.41) is 6.58. The Morgan fingerprint density at radius 1 is 0.893 bits per heavy atom. The van der Waals surface area contributed by atoms with Crippen LogP contribution in [-0.4, -0.2) is 11.0 Å². The van der Waals surface area contributed by atoms with E-state index >= 15 is 0 Å². The number of halogens is 1. The largest absolute Gasteiger partial charge is 0.457 e. The van der Waals surface area contributed by atoms with Gasteiger partial charge in [-0.15, -0.1) is 0 Å². The minimum absolute atomic E-state index is 0.165. The summed E-state index contributed by atoms with van der Waals surface area (Å²) in [6.45, 7) is 0. The Kier molecular flexibility index (Phi) is 7.00. The zero-order chi connectivity index (χ0) is 19.8. The lowest BCUT2D eigenvalue weighted by atomic mass is 10.1. The van der Waals surface area contributed by atoms with Gasteiger partial charge in [-0.25, -0.2) is 0 Å². The highest BCUT2D eigenvalue weighted by molar-refractivity contribution is 7.80. The summed E-state index contributed by atoms with van der Waals surface area (Å²) in [6, 6.07) is 24.4. The number of thiocarbonyl (C=S) groups is 1. The van der Waals surface area contributed by atoms with Gasteiger partial charge in [0.1, 0.15) is 11.5 Å². The number of ether oxygens (including phenoxy) is 1. The Morgan fingerprint density at radius 3 is 2.25 bits per heavy atom. The van der Waals surface area contributed by atoms with Crippen LogP contribution in [0.4, 0.5) is 5.69 Å². The maximum absolute atomic E-state index is 12.1. The molecule has 3 aromatic rings. The van der Waals surface area contributed by atoms with Gasteiger partial charge in [0, 0.05) is 17.1 Å². The molecule has 2 N–H and O–H groups in total. The summed E-state index contributed by atoms with van der Waals surface area (Å²) in [4.78, 5) is 12.1. The van der Waals surface area contributed by atoms with Crippen molar-refractivity contribution in [2.45, 2.75) is 12.8 Å². The van der Waals surface area contributed by atoms with Crippen molar-refractivity contribution < 1.29 is 9.53 Å². The Balaban J connectivity index is 1.46. The van der Waals surface area contributed by atoms with E-state index in [0.717, 1.165) is 17.0 Å². The van der Waals surface area contributed by atoms with E-state index in [9.17, 15) is 4.79 Å². The van der Waals surface area contributed by atoms with Gasteiger partial charge >= 0.3 is 0 Å². The normalized spacial score (nSPS) is 10.2. The summed E-state index contributed by atoms with van der Waals surface area (Å²) in [6.07, 6.45) is 0.856. The molecule has 0 heterocycles. The van der Waals surface area contributed by atoms with E-state index < -0.39 is 0 Å². The van der Waals surface area contributed by atoms with Crippen molar-refractivity contribution in [2.75, 3.05) is 5.32 Å². The standard InChI is InChI=1S/C22H19ClN2O2S/c23-20-9-5-4-6-16(20)10-15-21(26)25-22(28)24-17-11-13-19(14-12-17)27-18-7-2-1-3-8-18/h1-9,11-14H,10,15H2,(H2,24,25,26,28). The molecule has 0 radical (unpaired) electrons. The van der Waals surface area contributed by atoms with E-state index in [4.69, 9.17) is 28.6 Å². The minimum Gasteiger partial charge on any atom is -0.457 e. The van der Waals surface area contributed by atoms with Crippen LogP contribution in [-0.2, 0) is 11.2 Å². The van der Waals surface area contributed by atoms with Gasteiger partial charge in [0.2, 0.25) is 5.91 Å². The molecule has 0 atom stereocenters. The number of hydrogen-bond donors (Lipinski definition) is 2. The first kappa shape index (κ1) is 19.9. The van der Waals surface area contributed by atoms with Crippen molar-refractivity contribution in [3.63, 3.8) is 0 Å². The van der Waals surface area contributed by atoms with Crippen molar-refractivity contribution in [1.29, 1.82) is 0 Å². The van der Waals surface area contributed by atoms with Gasteiger partial charge in [0.25, 0.3) is 0 Å². The molecule has 0 spiro atoms. The fourth-order valence-corrected chi connectivity index (χ4v) is 2.99. The predicted octanol–water partition coefficient (Wildman–Crippen LogP) is 5.58. The fraction of sp³-hybridized carbons (Fsp3) is 0.0909. The molecule has 142 valence electrons. The monoisotopic (exact) mass is 410 g/mol. The van der Waals surface area contributed by atoms with Crippen molar-refractivity contribution >= 4 is 40.5 Å². The SMILES string of the molecule is O=C(CCc1ccccc1Cl)NC(=S)Nc1ccc(Oc2ccccc2)cc1. The second kappa shape index (κ2) is 9.88. The molecular weight excluding hydrogens is 392 g/mol. The first-order valence-corrected chi connectivity index (χ1v) is 9.56. The average Bonchev–Trinajstić information content (AvgIpc) is 2.69. The molecule has 6 heteroatoms. The zero-order valence-electron chi connectivity index (χ0n) is 15.0. The number of carbonyl (C=O) groups excluding carboxylic acids is 1. The molecular formula is C22H19ClN2O2S. The van der Waals surface area contributed by atoms with Crippen LogP contribution in [0.15, 0.2) is 78.9 Å². The van der Waals surface area contributed by atoms with Crippen LogP contribution in [0, 0.1) is 0 Å². The van der Waals surface area contributed by atoms with E-state index in [2.05, 4.69) is 10.6 Å². The number of anilines is 1. The highest BCUT2D eigenvalue weighted by Gasteiger charge is 2.07. The number of nitrogens with one attached hydrogen (secondary N) is 2. The number of aryl methyl sites for hydroxylation is 1. The maximum atomic E-state index is 12.1. The topological polar surface area (TPSA) is 50.4 Å². The van der Waals surface area contributed by atoms with Crippen molar-refractivity contribution in [3.05, 3.63) is 89.4 Å². The van der Waals surface area contributed by atoms with Gasteiger partial charge in [-0.05, 0) is 66.7 Å². The first-order chi connectivity index (χ1) is 13.6. The number of carbonyl (C=O) groups is 1. The summed E-state index contributed by atoms with van der Waals surface area (Å²) in [7, 11) is 0.